The smallest absolute Gasteiger partial charge is 0.271 e. The van der Waals surface area contributed by atoms with E-state index in [9.17, 15) is 9.59 Å². The van der Waals surface area contributed by atoms with Gasteiger partial charge in [-0.05, 0) is 54.3 Å². The molecular weight excluding hydrogens is 475 g/mol. The number of allylic oxidation sites excluding steroid dienone is 2. The molecule has 8 heteroatoms. The molecule has 0 amide bonds. The van der Waals surface area contributed by atoms with Gasteiger partial charge in [0.05, 0.1) is 16.3 Å². The summed E-state index contributed by atoms with van der Waals surface area (Å²) in [5.41, 5.74) is 2.70. The third kappa shape index (κ3) is 3.70. The number of halogens is 3. The van der Waals surface area contributed by atoms with Gasteiger partial charge < -0.3 is 0 Å². The highest BCUT2D eigenvalue weighted by atomic mass is 35.5. The highest BCUT2D eigenvalue weighted by molar-refractivity contribution is 7.07. The summed E-state index contributed by atoms with van der Waals surface area (Å²) in [6.07, 6.45) is 3.70. The van der Waals surface area contributed by atoms with Crippen LogP contribution in [0.15, 0.2) is 63.5 Å². The maximum absolute atomic E-state index is 13.5. The second-order valence-corrected chi connectivity index (χ2v) is 9.73. The summed E-state index contributed by atoms with van der Waals surface area (Å²) in [6, 6.07) is 11.9. The molecule has 156 valence electrons. The molecule has 0 bridgehead atoms. The third-order valence-electron chi connectivity index (χ3n) is 5.46. The normalized spacial score (nSPS) is 18.6. The Hall–Kier alpha value is -2.18. The van der Waals surface area contributed by atoms with Crippen molar-refractivity contribution < 1.29 is 4.79 Å². The molecule has 0 spiro atoms. The molecule has 1 aromatic heterocycles. The van der Waals surface area contributed by atoms with Crippen molar-refractivity contribution in [1.29, 1.82) is 0 Å². The van der Waals surface area contributed by atoms with Crippen LogP contribution < -0.4 is 14.9 Å². The highest BCUT2D eigenvalue weighted by Gasteiger charge is 2.34. The Balaban J connectivity index is 1.76. The molecule has 1 unspecified atom stereocenters. The monoisotopic (exact) mass is 488 g/mol. The number of benzene rings is 2. The molecule has 2 aromatic carbocycles. The van der Waals surface area contributed by atoms with Gasteiger partial charge >= 0.3 is 0 Å². The number of hydrogen-bond donors (Lipinski definition) is 0. The van der Waals surface area contributed by atoms with Crippen molar-refractivity contribution in [3.8, 4) is 0 Å². The quantitative estimate of drug-likeness (QED) is 0.513. The Kier molecular flexibility index (Phi) is 5.39. The van der Waals surface area contributed by atoms with Crippen molar-refractivity contribution in [3.05, 3.63) is 99.6 Å². The summed E-state index contributed by atoms with van der Waals surface area (Å²) in [5, 5.41) is 1.58. The first kappa shape index (κ1) is 20.7. The van der Waals surface area contributed by atoms with Crippen LogP contribution in [0.2, 0.25) is 15.1 Å². The van der Waals surface area contributed by atoms with Crippen molar-refractivity contribution in [2.45, 2.75) is 25.3 Å². The van der Waals surface area contributed by atoms with Crippen molar-refractivity contribution in [2.24, 2.45) is 4.99 Å². The van der Waals surface area contributed by atoms with Gasteiger partial charge in [-0.2, -0.15) is 0 Å². The molecule has 2 heterocycles. The molecule has 31 heavy (non-hydrogen) atoms. The van der Waals surface area contributed by atoms with Gasteiger partial charge in [0, 0.05) is 27.1 Å². The third-order valence-corrected chi connectivity index (χ3v) is 7.26. The second kappa shape index (κ2) is 8.06. The standard InChI is InChI=1S/C23H15Cl3N2O2S/c24-14-7-4-12(5-8-14)21-20-17(2-1-3-18(20)29)27-23-28(21)22(30)19(31-23)10-13-6-9-15(25)11-16(13)26/h4-11,21H,1-3H2. The van der Waals surface area contributed by atoms with E-state index in [-0.39, 0.29) is 11.3 Å². The fourth-order valence-corrected chi connectivity index (χ4v) is 5.63. The fourth-order valence-electron chi connectivity index (χ4n) is 4.03. The Bertz CT molecular complexity index is 1430. The molecule has 0 saturated heterocycles. The number of carbonyl (C=O) groups excluding carboxylic acids is 1. The summed E-state index contributed by atoms with van der Waals surface area (Å²) in [7, 11) is 0. The van der Waals surface area contributed by atoms with Crippen molar-refractivity contribution in [2.75, 3.05) is 0 Å². The fraction of sp³-hybridized carbons (Fsp3) is 0.174. The minimum atomic E-state index is -0.515. The number of thiazole rings is 1. The minimum Gasteiger partial charge on any atom is -0.294 e. The molecule has 0 saturated carbocycles. The lowest BCUT2D eigenvalue weighted by molar-refractivity contribution is -0.116. The number of rotatable bonds is 2. The molecule has 0 N–H and O–H groups in total. The van der Waals surface area contributed by atoms with Crippen LogP contribution in [0.1, 0.15) is 36.4 Å². The zero-order chi connectivity index (χ0) is 21.7. The number of nitrogens with zero attached hydrogens (tertiary/aromatic N) is 2. The number of ketones is 1. The molecule has 5 rings (SSSR count). The van der Waals surface area contributed by atoms with Crippen LogP contribution in [0.25, 0.3) is 6.08 Å². The highest BCUT2D eigenvalue weighted by Crippen LogP contribution is 2.36. The van der Waals surface area contributed by atoms with Crippen molar-refractivity contribution >= 4 is 58.0 Å². The van der Waals surface area contributed by atoms with Gasteiger partial charge in [0.2, 0.25) is 0 Å². The summed E-state index contributed by atoms with van der Waals surface area (Å²) in [4.78, 5) is 31.7. The average molecular weight is 490 g/mol. The molecule has 1 aliphatic carbocycles. The first-order valence-corrected chi connectivity index (χ1v) is 11.7. The van der Waals surface area contributed by atoms with Gasteiger partial charge in [-0.3, -0.25) is 14.2 Å². The van der Waals surface area contributed by atoms with E-state index in [4.69, 9.17) is 39.8 Å². The number of Topliss-reactive ketones (excluding diaryl/α,β-unsaturated/α-hetero) is 1. The van der Waals surface area contributed by atoms with Crippen LogP contribution in [-0.2, 0) is 4.79 Å². The molecular formula is C23H15Cl3N2O2S. The molecule has 1 atom stereocenters. The van der Waals surface area contributed by atoms with Crippen LogP contribution in [0.3, 0.4) is 0 Å². The Morgan fingerprint density at radius 3 is 2.48 bits per heavy atom. The van der Waals surface area contributed by atoms with Gasteiger partial charge in [0.15, 0.2) is 10.6 Å². The first-order valence-electron chi connectivity index (χ1n) is 9.71. The molecule has 3 aromatic rings. The Morgan fingerprint density at radius 1 is 1.00 bits per heavy atom. The topological polar surface area (TPSA) is 51.4 Å². The lowest BCUT2D eigenvalue weighted by Gasteiger charge is -2.28. The molecule has 1 aliphatic heterocycles. The largest absolute Gasteiger partial charge is 0.294 e. The molecule has 0 radical (unpaired) electrons. The molecule has 2 aliphatic rings. The lowest BCUT2D eigenvalue weighted by Crippen LogP contribution is -2.40. The minimum absolute atomic E-state index is 0.0416. The van der Waals surface area contributed by atoms with Crippen molar-refractivity contribution in [1.82, 2.24) is 4.57 Å². The van der Waals surface area contributed by atoms with E-state index < -0.39 is 6.04 Å². The zero-order valence-corrected chi connectivity index (χ0v) is 19.2. The Morgan fingerprint density at radius 2 is 1.74 bits per heavy atom. The van der Waals surface area contributed by atoms with E-state index in [2.05, 4.69) is 0 Å². The number of fused-ring (bicyclic) bond motifs is 1. The van der Waals surface area contributed by atoms with E-state index in [0.29, 0.717) is 42.0 Å². The maximum atomic E-state index is 13.5. The lowest BCUT2D eigenvalue weighted by atomic mass is 9.86. The van der Waals surface area contributed by atoms with Crippen LogP contribution >= 0.6 is 46.1 Å². The van der Waals surface area contributed by atoms with E-state index in [1.54, 1.807) is 41.0 Å². The van der Waals surface area contributed by atoms with Crippen molar-refractivity contribution in [3.63, 3.8) is 0 Å². The van der Waals surface area contributed by atoms with Crippen LogP contribution in [-0.4, -0.2) is 10.4 Å². The van der Waals surface area contributed by atoms with Gasteiger partial charge in [0.1, 0.15) is 0 Å². The van der Waals surface area contributed by atoms with E-state index >= 15 is 0 Å². The van der Waals surface area contributed by atoms with E-state index in [1.165, 1.54) is 11.3 Å². The van der Waals surface area contributed by atoms with Gasteiger partial charge in [-0.15, -0.1) is 0 Å². The Labute approximate surface area is 196 Å². The summed E-state index contributed by atoms with van der Waals surface area (Å²) in [6.45, 7) is 0. The summed E-state index contributed by atoms with van der Waals surface area (Å²) < 4.78 is 2.11. The SMILES string of the molecule is O=C1CCCC2=C1C(c1ccc(Cl)cc1)n1c(sc(=Cc3ccc(Cl)cc3Cl)c1=O)=N2. The summed E-state index contributed by atoms with van der Waals surface area (Å²) in [5.74, 6) is 0.0416. The van der Waals surface area contributed by atoms with Gasteiger partial charge in [0.25, 0.3) is 5.56 Å². The van der Waals surface area contributed by atoms with Crippen LogP contribution in [0, 0.1) is 0 Å². The maximum Gasteiger partial charge on any atom is 0.271 e. The van der Waals surface area contributed by atoms with Gasteiger partial charge in [-0.25, -0.2) is 4.99 Å². The molecule has 4 nitrogen and oxygen atoms in total. The number of hydrogen-bond acceptors (Lipinski definition) is 4. The average Bonchev–Trinajstić information content (AvgIpc) is 3.04. The van der Waals surface area contributed by atoms with Gasteiger partial charge in [-0.1, -0.05) is 64.3 Å². The first-order chi connectivity index (χ1) is 14.9. The predicted molar refractivity (Wildman–Crippen MR) is 125 cm³/mol. The summed E-state index contributed by atoms with van der Waals surface area (Å²) >= 11 is 19.7. The number of aromatic nitrogens is 1. The predicted octanol–water partition coefficient (Wildman–Crippen LogP) is 4.93. The molecule has 0 fully saturated rings. The second-order valence-electron chi connectivity index (χ2n) is 7.44. The number of carbonyl (C=O) groups is 1. The van der Waals surface area contributed by atoms with E-state index in [0.717, 1.165) is 24.1 Å². The van der Waals surface area contributed by atoms with Crippen LogP contribution in [0.5, 0.6) is 0 Å². The zero-order valence-electron chi connectivity index (χ0n) is 16.1. The van der Waals surface area contributed by atoms with E-state index in [1.807, 2.05) is 12.1 Å². The van der Waals surface area contributed by atoms with Crippen LogP contribution in [0.4, 0.5) is 0 Å².